The van der Waals surface area contributed by atoms with Crippen molar-refractivity contribution >= 4 is 16.5 Å². The van der Waals surface area contributed by atoms with Crippen molar-refractivity contribution in [3.63, 3.8) is 0 Å². The number of hydrogen-bond donors (Lipinski definition) is 1. The maximum Gasteiger partial charge on any atom is 0.0329 e. The van der Waals surface area contributed by atoms with Crippen LogP contribution in [0, 0.1) is 0 Å². The fraction of sp³-hybridized carbons (Fsp3) is 0.238. The zero-order valence-corrected chi connectivity index (χ0v) is 13.5. The fourth-order valence-corrected chi connectivity index (χ4v) is 3.74. The van der Waals surface area contributed by atoms with E-state index in [1.807, 2.05) is 6.07 Å². The maximum atomic E-state index is 5.97. The van der Waals surface area contributed by atoms with Gasteiger partial charge in [-0.25, -0.2) is 0 Å². The van der Waals surface area contributed by atoms with E-state index < -0.39 is 0 Å². The zero-order chi connectivity index (χ0) is 15.8. The van der Waals surface area contributed by atoms with Gasteiger partial charge in [-0.15, -0.1) is 0 Å². The van der Waals surface area contributed by atoms with Gasteiger partial charge < -0.3 is 5.73 Å². The highest BCUT2D eigenvalue weighted by Gasteiger charge is 2.22. The standard InChI is InChI=1S/C21H22N2/c1-15(20-8-4-6-17-5-2-3-7-21(17)20)23-12-11-16-9-10-19(22)13-18(16)14-23/h2-10,13,15H,11-12,14,22H2,1H3. The summed E-state index contributed by atoms with van der Waals surface area (Å²) in [7, 11) is 0. The molecule has 0 amide bonds. The molecule has 1 atom stereocenters. The van der Waals surface area contributed by atoms with Crippen molar-refractivity contribution in [1.82, 2.24) is 4.90 Å². The van der Waals surface area contributed by atoms with Crippen LogP contribution in [0.5, 0.6) is 0 Å². The average Bonchev–Trinajstić information content (AvgIpc) is 2.60. The van der Waals surface area contributed by atoms with E-state index in [1.165, 1.54) is 27.5 Å². The second-order valence-electron chi connectivity index (χ2n) is 6.49. The van der Waals surface area contributed by atoms with Crippen LogP contribution in [-0.4, -0.2) is 11.4 Å². The molecule has 3 aromatic rings. The van der Waals surface area contributed by atoms with Gasteiger partial charge in [0.1, 0.15) is 0 Å². The number of nitrogens with two attached hydrogens (primary N) is 1. The Labute approximate surface area is 137 Å². The first-order valence-corrected chi connectivity index (χ1v) is 8.31. The van der Waals surface area contributed by atoms with Gasteiger partial charge in [0, 0.05) is 24.8 Å². The van der Waals surface area contributed by atoms with E-state index in [1.54, 1.807) is 0 Å². The Bertz CT molecular complexity index is 848. The Kier molecular flexibility index (Phi) is 3.55. The van der Waals surface area contributed by atoms with Crippen molar-refractivity contribution in [2.45, 2.75) is 25.9 Å². The lowest BCUT2D eigenvalue weighted by Gasteiger charge is -2.34. The molecule has 0 fully saturated rings. The van der Waals surface area contributed by atoms with Gasteiger partial charge in [0.25, 0.3) is 0 Å². The number of anilines is 1. The van der Waals surface area contributed by atoms with Crippen LogP contribution in [0.1, 0.15) is 29.7 Å². The lowest BCUT2D eigenvalue weighted by molar-refractivity contribution is 0.193. The van der Waals surface area contributed by atoms with Crippen LogP contribution in [-0.2, 0) is 13.0 Å². The predicted molar refractivity (Wildman–Crippen MR) is 97.3 cm³/mol. The molecule has 0 bridgehead atoms. The summed E-state index contributed by atoms with van der Waals surface area (Å²) in [5.74, 6) is 0. The number of hydrogen-bond acceptors (Lipinski definition) is 2. The number of benzene rings is 3. The lowest BCUT2D eigenvalue weighted by atomic mass is 9.94. The number of nitrogens with zero attached hydrogens (tertiary/aromatic N) is 1. The molecule has 1 unspecified atom stereocenters. The fourth-order valence-electron chi connectivity index (χ4n) is 3.74. The molecule has 0 saturated heterocycles. The van der Waals surface area contributed by atoms with Crippen LogP contribution in [0.3, 0.4) is 0 Å². The summed E-state index contributed by atoms with van der Waals surface area (Å²) in [6.45, 7) is 4.39. The zero-order valence-electron chi connectivity index (χ0n) is 13.5. The van der Waals surface area contributed by atoms with Crippen LogP contribution >= 0.6 is 0 Å². The number of rotatable bonds is 2. The number of nitrogen functional groups attached to an aromatic ring is 1. The minimum atomic E-state index is 0.399. The van der Waals surface area contributed by atoms with Crippen molar-refractivity contribution in [1.29, 1.82) is 0 Å². The van der Waals surface area contributed by atoms with E-state index in [2.05, 4.69) is 66.4 Å². The van der Waals surface area contributed by atoms with E-state index in [9.17, 15) is 0 Å². The van der Waals surface area contributed by atoms with Gasteiger partial charge in [0.2, 0.25) is 0 Å². The van der Waals surface area contributed by atoms with E-state index in [-0.39, 0.29) is 0 Å². The quantitative estimate of drug-likeness (QED) is 0.704. The van der Waals surface area contributed by atoms with E-state index in [0.717, 1.165) is 25.2 Å². The monoisotopic (exact) mass is 302 g/mol. The summed E-state index contributed by atoms with van der Waals surface area (Å²) in [5, 5.41) is 2.68. The molecule has 2 N–H and O–H groups in total. The largest absolute Gasteiger partial charge is 0.399 e. The third-order valence-corrected chi connectivity index (χ3v) is 5.09. The molecule has 4 rings (SSSR count). The molecular formula is C21H22N2. The van der Waals surface area contributed by atoms with E-state index >= 15 is 0 Å². The molecule has 1 heterocycles. The Morgan fingerprint density at radius 1 is 0.957 bits per heavy atom. The van der Waals surface area contributed by atoms with Crippen LogP contribution in [0.2, 0.25) is 0 Å². The third-order valence-electron chi connectivity index (χ3n) is 5.09. The summed E-state index contributed by atoms with van der Waals surface area (Å²) in [5.41, 5.74) is 11.1. The highest BCUT2D eigenvalue weighted by Crippen LogP contribution is 2.32. The third kappa shape index (κ3) is 2.60. The molecule has 0 spiro atoms. The van der Waals surface area contributed by atoms with Gasteiger partial charge in [0.15, 0.2) is 0 Å². The minimum Gasteiger partial charge on any atom is -0.399 e. The van der Waals surface area contributed by atoms with Gasteiger partial charge in [-0.1, -0.05) is 48.5 Å². The first kappa shape index (κ1) is 14.3. The topological polar surface area (TPSA) is 29.3 Å². The molecular weight excluding hydrogens is 280 g/mol. The second-order valence-corrected chi connectivity index (χ2v) is 6.49. The highest BCUT2D eigenvalue weighted by molar-refractivity contribution is 5.86. The van der Waals surface area contributed by atoms with Crippen molar-refractivity contribution in [3.8, 4) is 0 Å². The van der Waals surface area contributed by atoms with Crippen LogP contribution in [0.25, 0.3) is 10.8 Å². The van der Waals surface area contributed by atoms with Gasteiger partial charge in [0.05, 0.1) is 0 Å². The summed E-state index contributed by atoms with van der Waals surface area (Å²) in [6, 6.07) is 22.0. The smallest absolute Gasteiger partial charge is 0.0329 e. The lowest BCUT2D eigenvalue weighted by Crippen LogP contribution is -2.33. The Morgan fingerprint density at radius 2 is 1.78 bits per heavy atom. The molecule has 0 aromatic heterocycles. The predicted octanol–water partition coefficient (Wildman–Crippen LogP) is 4.54. The maximum absolute atomic E-state index is 5.97. The van der Waals surface area contributed by atoms with Gasteiger partial charge in [-0.3, -0.25) is 4.90 Å². The van der Waals surface area contributed by atoms with Crippen molar-refractivity contribution in [3.05, 3.63) is 77.4 Å². The Hall–Kier alpha value is -2.32. The molecule has 3 aromatic carbocycles. The Morgan fingerprint density at radius 3 is 2.70 bits per heavy atom. The van der Waals surface area contributed by atoms with Crippen molar-refractivity contribution in [2.24, 2.45) is 0 Å². The Balaban J connectivity index is 1.68. The first-order valence-electron chi connectivity index (χ1n) is 8.31. The van der Waals surface area contributed by atoms with Crippen molar-refractivity contribution in [2.75, 3.05) is 12.3 Å². The van der Waals surface area contributed by atoms with E-state index in [4.69, 9.17) is 5.73 Å². The average molecular weight is 302 g/mol. The van der Waals surface area contributed by atoms with Gasteiger partial charge >= 0.3 is 0 Å². The highest BCUT2D eigenvalue weighted by atomic mass is 15.2. The molecule has 116 valence electrons. The molecule has 2 nitrogen and oxygen atoms in total. The molecule has 0 saturated carbocycles. The number of fused-ring (bicyclic) bond motifs is 2. The van der Waals surface area contributed by atoms with Gasteiger partial charge in [-0.05, 0) is 52.9 Å². The molecule has 0 radical (unpaired) electrons. The molecule has 1 aliphatic rings. The molecule has 0 aliphatic carbocycles. The summed E-state index contributed by atoms with van der Waals surface area (Å²) in [4.78, 5) is 2.56. The second kappa shape index (κ2) is 5.71. The molecule has 23 heavy (non-hydrogen) atoms. The molecule has 2 heteroatoms. The summed E-state index contributed by atoms with van der Waals surface area (Å²) >= 11 is 0. The normalized spacial score (nSPS) is 16.2. The summed E-state index contributed by atoms with van der Waals surface area (Å²) in [6.07, 6.45) is 1.10. The molecule has 1 aliphatic heterocycles. The first-order chi connectivity index (χ1) is 11.2. The van der Waals surface area contributed by atoms with Crippen LogP contribution < -0.4 is 5.73 Å². The summed E-state index contributed by atoms with van der Waals surface area (Å²) < 4.78 is 0. The van der Waals surface area contributed by atoms with Crippen LogP contribution in [0.4, 0.5) is 5.69 Å². The minimum absolute atomic E-state index is 0.399. The van der Waals surface area contributed by atoms with E-state index in [0.29, 0.717) is 6.04 Å². The SMILES string of the molecule is CC(c1cccc2ccccc12)N1CCc2ccc(N)cc2C1. The van der Waals surface area contributed by atoms with Crippen LogP contribution in [0.15, 0.2) is 60.7 Å². The van der Waals surface area contributed by atoms with Gasteiger partial charge in [-0.2, -0.15) is 0 Å². The van der Waals surface area contributed by atoms with Crippen molar-refractivity contribution < 1.29 is 0 Å².